The molecule has 1 heterocycles. The molecule has 0 unspecified atom stereocenters. The summed E-state index contributed by atoms with van der Waals surface area (Å²) in [5.74, 6) is -0.0289. The van der Waals surface area contributed by atoms with Gasteiger partial charge in [-0.05, 0) is 56.4 Å². The maximum Gasteiger partial charge on any atom is 0.281 e. The summed E-state index contributed by atoms with van der Waals surface area (Å²) < 4.78 is 0. The second kappa shape index (κ2) is 6.32. The third-order valence-corrected chi connectivity index (χ3v) is 5.08. The van der Waals surface area contributed by atoms with Crippen molar-refractivity contribution in [2.75, 3.05) is 0 Å². The first kappa shape index (κ1) is 14.8. The summed E-state index contributed by atoms with van der Waals surface area (Å²) >= 11 is 1.56. The van der Waals surface area contributed by atoms with Crippen molar-refractivity contribution in [2.24, 2.45) is 5.10 Å². The quantitative estimate of drug-likeness (QED) is 0.673. The van der Waals surface area contributed by atoms with Crippen LogP contribution in [0.2, 0.25) is 0 Å². The third kappa shape index (κ3) is 3.04. The molecule has 2 aromatic rings. The number of fused-ring (bicyclic) bond motifs is 1. The lowest BCUT2D eigenvalue weighted by atomic mass is 9.99. The van der Waals surface area contributed by atoms with E-state index in [4.69, 9.17) is 0 Å². The number of thiophene rings is 1. The fourth-order valence-corrected chi connectivity index (χ4v) is 3.78. The number of phenols is 1. The fourth-order valence-electron chi connectivity index (χ4n) is 2.63. The summed E-state index contributed by atoms with van der Waals surface area (Å²) in [5.41, 5.74) is 5.09. The first-order chi connectivity index (χ1) is 10.6. The molecule has 1 aromatic heterocycles. The number of nitrogens with zero attached hydrogens (tertiary/aromatic N) is 1. The van der Waals surface area contributed by atoms with Crippen molar-refractivity contribution in [3.8, 4) is 5.75 Å². The highest BCUT2D eigenvalue weighted by Crippen LogP contribution is 2.29. The summed E-state index contributed by atoms with van der Waals surface area (Å²) in [6.07, 6.45) is 4.56. The minimum Gasteiger partial charge on any atom is -0.507 e. The SMILES string of the molecule is CC(=NNC(=O)c1cc2c(s1)CCCC2)c1ccccc1O. The molecule has 0 saturated carbocycles. The predicted molar refractivity (Wildman–Crippen MR) is 88.7 cm³/mol. The van der Waals surface area contributed by atoms with Crippen LogP contribution in [0, 0.1) is 0 Å². The Morgan fingerprint density at radius 2 is 2.05 bits per heavy atom. The van der Waals surface area contributed by atoms with Gasteiger partial charge in [0.05, 0.1) is 10.6 Å². The monoisotopic (exact) mass is 314 g/mol. The smallest absolute Gasteiger partial charge is 0.281 e. The number of amides is 1. The molecule has 114 valence electrons. The van der Waals surface area contributed by atoms with E-state index in [1.54, 1.807) is 36.5 Å². The van der Waals surface area contributed by atoms with Crippen LogP contribution in [-0.4, -0.2) is 16.7 Å². The van der Waals surface area contributed by atoms with Crippen molar-refractivity contribution < 1.29 is 9.90 Å². The molecule has 2 N–H and O–H groups in total. The number of aryl methyl sites for hydroxylation is 2. The summed E-state index contributed by atoms with van der Waals surface area (Å²) in [4.78, 5) is 14.3. The van der Waals surface area contributed by atoms with Gasteiger partial charge in [-0.1, -0.05) is 12.1 Å². The average molecular weight is 314 g/mol. The van der Waals surface area contributed by atoms with Crippen LogP contribution >= 0.6 is 11.3 Å². The molecular formula is C17H18N2O2S. The molecular weight excluding hydrogens is 296 g/mol. The molecule has 0 saturated heterocycles. The van der Waals surface area contributed by atoms with E-state index in [0.29, 0.717) is 16.2 Å². The highest BCUT2D eigenvalue weighted by atomic mass is 32.1. The normalized spacial score (nSPS) is 14.5. The van der Waals surface area contributed by atoms with Crippen LogP contribution in [0.5, 0.6) is 5.75 Å². The van der Waals surface area contributed by atoms with Crippen LogP contribution in [0.25, 0.3) is 0 Å². The molecule has 0 spiro atoms. The van der Waals surface area contributed by atoms with Crippen LogP contribution in [-0.2, 0) is 12.8 Å². The van der Waals surface area contributed by atoms with Crippen molar-refractivity contribution in [3.05, 3.63) is 51.2 Å². The Morgan fingerprint density at radius 3 is 2.82 bits per heavy atom. The Morgan fingerprint density at radius 1 is 1.27 bits per heavy atom. The highest BCUT2D eigenvalue weighted by molar-refractivity contribution is 7.14. The number of phenolic OH excluding ortho intramolecular Hbond substituents is 1. The van der Waals surface area contributed by atoms with Gasteiger partial charge in [-0.3, -0.25) is 4.79 Å². The number of rotatable bonds is 3. The minimum absolute atomic E-state index is 0.157. The van der Waals surface area contributed by atoms with E-state index < -0.39 is 0 Å². The van der Waals surface area contributed by atoms with Gasteiger partial charge < -0.3 is 5.11 Å². The van der Waals surface area contributed by atoms with Crippen LogP contribution < -0.4 is 5.43 Å². The number of benzene rings is 1. The lowest BCUT2D eigenvalue weighted by molar-refractivity contribution is 0.0959. The van der Waals surface area contributed by atoms with Gasteiger partial charge in [0.25, 0.3) is 5.91 Å². The van der Waals surface area contributed by atoms with Gasteiger partial charge in [0.2, 0.25) is 0 Å². The van der Waals surface area contributed by atoms with E-state index in [-0.39, 0.29) is 11.7 Å². The van der Waals surface area contributed by atoms with E-state index in [1.807, 2.05) is 12.1 Å². The molecule has 4 nitrogen and oxygen atoms in total. The molecule has 0 fully saturated rings. The molecule has 0 bridgehead atoms. The predicted octanol–water partition coefficient (Wildman–Crippen LogP) is 3.49. The number of aromatic hydroxyl groups is 1. The largest absolute Gasteiger partial charge is 0.507 e. The average Bonchev–Trinajstić information content (AvgIpc) is 2.97. The first-order valence-electron chi connectivity index (χ1n) is 7.40. The van der Waals surface area contributed by atoms with Crippen molar-refractivity contribution in [2.45, 2.75) is 32.6 Å². The zero-order chi connectivity index (χ0) is 15.5. The number of carbonyl (C=O) groups excluding carboxylic acids is 1. The van der Waals surface area contributed by atoms with Gasteiger partial charge in [-0.15, -0.1) is 11.3 Å². The molecule has 0 radical (unpaired) electrons. The summed E-state index contributed by atoms with van der Waals surface area (Å²) in [7, 11) is 0. The summed E-state index contributed by atoms with van der Waals surface area (Å²) in [6.45, 7) is 1.76. The number of nitrogens with one attached hydrogen (secondary N) is 1. The van der Waals surface area contributed by atoms with Gasteiger partial charge in [-0.25, -0.2) is 5.43 Å². The number of hydrogen-bond acceptors (Lipinski definition) is 4. The molecule has 3 rings (SSSR count). The summed E-state index contributed by atoms with van der Waals surface area (Å²) in [6, 6.07) is 8.93. The van der Waals surface area contributed by atoms with E-state index in [1.165, 1.54) is 23.3 Å². The second-order valence-corrected chi connectivity index (χ2v) is 6.56. The zero-order valence-electron chi connectivity index (χ0n) is 12.4. The fraction of sp³-hybridized carbons (Fsp3) is 0.294. The Hall–Kier alpha value is -2.14. The first-order valence-corrected chi connectivity index (χ1v) is 8.21. The standard InChI is InChI=1S/C17H18N2O2S/c1-11(13-7-3-4-8-14(13)20)18-19-17(21)16-10-12-6-2-5-9-15(12)22-16/h3-4,7-8,10,20H,2,5-6,9H2,1H3,(H,19,21). The van der Waals surface area contributed by atoms with E-state index >= 15 is 0 Å². The van der Waals surface area contributed by atoms with Gasteiger partial charge in [-0.2, -0.15) is 5.10 Å². The van der Waals surface area contributed by atoms with E-state index in [2.05, 4.69) is 10.5 Å². The van der Waals surface area contributed by atoms with E-state index in [0.717, 1.165) is 12.8 Å². The summed E-state index contributed by atoms with van der Waals surface area (Å²) in [5, 5.41) is 13.9. The molecule has 0 atom stereocenters. The van der Waals surface area contributed by atoms with Crippen molar-refractivity contribution in [1.82, 2.24) is 5.43 Å². The van der Waals surface area contributed by atoms with Crippen molar-refractivity contribution in [1.29, 1.82) is 0 Å². The number of carbonyl (C=O) groups is 1. The third-order valence-electron chi connectivity index (χ3n) is 3.84. The number of hydrazone groups is 1. The van der Waals surface area contributed by atoms with Crippen LogP contribution in [0.4, 0.5) is 0 Å². The number of para-hydroxylation sites is 1. The van der Waals surface area contributed by atoms with Crippen LogP contribution in [0.15, 0.2) is 35.4 Å². The van der Waals surface area contributed by atoms with Gasteiger partial charge >= 0.3 is 0 Å². The zero-order valence-corrected chi connectivity index (χ0v) is 13.2. The Kier molecular flexibility index (Phi) is 4.24. The lowest BCUT2D eigenvalue weighted by Gasteiger charge is -2.08. The Balaban J connectivity index is 1.73. The van der Waals surface area contributed by atoms with E-state index in [9.17, 15) is 9.90 Å². The molecule has 5 heteroatoms. The second-order valence-electron chi connectivity index (χ2n) is 5.42. The molecule has 1 aromatic carbocycles. The van der Waals surface area contributed by atoms with Gasteiger partial charge in [0.15, 0.2) is 0 Å². The minimum atomic E-state index is -0.186. The van der Waals surface area contributed by atoms with Crippen LogP contribution in [0.1, 0.15) is 45.4 Å². The maximum absolute atomic E-state index is 12.2. The van der Waals surface area contributed by atoms with Gasteiger partial charge in [0.1, 0.15) is 5.75 Å². The topological polar surface area (TPSA) is 61.7 Å². The Labute approximate surface area is 133 Å². The van der Waals surface area contributed by atoms with Gasteiger partial charge in [0, 0.05) is 10.4 Å². The molecule has 1 aliphatic rings. The molecule has 1 aliphatic carbocycles. The highest BCUT2D eigenvalue weighted by Gasteiger charge is 2.17. The maximum atomic E-state index is 12.2. The van der Waals surface area contributed by atoms with Crippen molar-refractivity contribution >= 4 is 23.0 Å². The molecule has 22 heavy (non-hydrogen) atoms. The molecule has 0 aliphatic heterocycles. The lowest BCUT2D eigenvalue weighted by Crippen LogP contribution is -2.18. The Bertz CT molecular complexity index is 711. The number of hydrogen-bond donors (Lipinski definition) is 2. The molecule has 1 amide bonds. The van der Waals surface area contributed by atoms with Crippen LogP contribution in [0.3, 0.4) is 0 Å². The van der Waals surface area contributed by atoms with Crippen molar-refractivity contribution in [3.63, 3.8) is 0 Å².